The Morgan fingerprint density at radius 1 is 1.35 bits per heavy atom. The van der Waals surface area contributed by atoms with Crippen LogP contribution in [0.4, 0.5) is 0 Å². The number of carbonyl (C=O) groups excluding carboxylic acids is 1. The minimum Gasteiger partial charge on any atom is -0.378 e. The van der Waals surface area contributed by atoms with Crippen molar-refractivity contribution in [2.45, 2.75) is 5.75 Å². The topological polar surface area (TPSA) is 63.7 Å². The largest absolute Gasteiger partial charge is 0.378 e. The zero-order valence-corrected chi connectivity index (χ0v) is 13.7. The molecule has 5 nitrogen and oxygen atoms in total. The van der Waals surface area contributed by atoms with Gasteiger partial charge < -0.3 is 9.64 Å². The van der Waals surface area contributed by atoms with E-state index in [1.54, 1.807) is 23.1 Å². The molecule has 1 aliphatic heterocycles. The molecule has 0 unspecified atom stereocenters. The van der Waals surface area contributed by atoms with Gasteiger partial charge in [-0.25, -0.2) is 8.42 Å². The summed E-state index contributed by atoms with van der Waals surface area (Å²) in [5.74, 6) is -0.451. The van der Waals surface area contributed by atoms with Crippen LogP contribution in [-0.4, -0.2) is 45.5 Å². The zero-order chi connectivity index (χ0) is 14.8. The van der Waals surface area contributed by atoms with Crippen molar-refractivity contribution in [3.63, 3.8) is 0 Å². The average Bonchev–Trinajstić information content (AvgIpc) is 2.40. The summed E-state index contributed by atoms with van der Waals surface area (Å²) in [6.07, 6.45) is 0. The molecule has 0 saturated carbocycles. The van der Waals surface area contributed by atoms with Crippen molar-refractivity contribution in [2.75, 3.05) is 26.3 Å². The maximum absolute atomic E-state index is 12.3. The van der Waals surface area contributed by atoms with Crippen molar-refractivity contribution in [2.24, 2.45) is 0 Å². The van der Waals surface area contributed by atoms with Gasteiger partial charge in [-0.05, 0) is 23.8 Å². The van der Waals surface area contributed by atoms with Crippen LogP contribution in [0.5, 0.6) is 0 Å². The van der Waals surface area contributed by atoms with Crippen LogP contribution in [-0.2, 0) is 19.5 Å². The lowest BCUT2D eigenvalue weighted by Gasteiger charge is -2.27. The third kappa shape index (κ3) is 4.18. The van der Waals surface area contributed by atoms with E-state index in [0.717, 1.165) is 0 Å². The van der Waals surface area contributed by atoms with Crippen molar-refractivity contribution in [3.05, 3.63) is 33.8 Å². The van der Waals surface area contributed by atoms with Gasteiger partial charge in [0, 0.05) is 33.8 Å². The van der Waals surface area contributed by atoms with Gasteiger partial charge >= 0.3 is 0 Å². The highest BCUT2D eigenvalue weighted by atomic mass is 79.9. The van der Waals surface area contributed by atoms with Gasteiger partial charge in [-0.2, -0.15) is 0 Å². The number of morpholine rings is 1. The number of rotatable bonds is 3. The molecule has 1 saturated heterocycles. The number of hydrogen-bond donors (Lipinski definition) is 0. The normalized spacial score (nSPS) is 16.2. The summed E-state index contributed by atoms with van der Waals surface area (Å²) in [5, 5.41) is 0. The van der Waals surface area contributed by atoms with Crippen molar-refractivity contribution in [3.8, 4) is 0 Å². The molecule has 1 fully saturated rings. The first kappa shape index (κ1) is 15.8. The van der Waals surface area contributed by atoms with Crippen LogP contribution in [0.2, 0.25) is 0 Å². The second-order valence-electron chi connectivity index (χ2n) is 4.39. The molecule has 0 bridgehead atoms. The fourth-order valence-corrected chi connectivity index (χ4v) is 3.49. The van der Waals surface area contributed by atoms with Crippen LogP contribution < -0.4 is 0 Å². The van der Waals surface area contributed by atoms with Crippen molar-refractivity contribution in [1.82, 2.24) is 4.90 Å². The Morgan fingerprint density at radius 3 is 2.60 bits per heavy atom. The molecule has 2 rings (SSSR count). The number of ether oxygens (including phenoxy) is 1. The van der Waals surface area contributed by atoms with E-state index in [9.17, 15) is 13.2 Å². The highest BCUT2D eigenvalue weighted by Gasteiger charge is 2.20. The number of nitrogens with zero attached hydrogens (tertiary/aromatic N) is 1. The lowest BCUT2D eigenvalue weighted by molar-refractivity contribution is 0.0303. The SMILES string of the molecule is O=C(c1ccc(Br)c(CS(=O)(=O)Cl)c1)N1CCOCC1. The lowest BCUT2D eigenvalue weighted by atomic mass is 10.1. The Hall–Kier alpha value is -0.630. The van der Waals surface area contributed by atoms with Gasteiger partial charge in [0.2, 0.25) is 9.05 Å². The van der Waals surface area contributed by atoms with Gasteiger partial charge in [0.25, 0.3) is 5.91 Å². The van der Waals surface area contributed by atoms with Gasteiger partial charge in [0.05, 0.1) is 19.0 Å². The van der Waals surface area contributed by atoms with Crippen molar-refractivity contribution < 1.29 is 17.9 Å². The minimum atomic E-state index is -3.67. The number of hydrogen-bond acceptors (Lipinski definition) is 4. The Morgan fingerprint density at radius 2 is 2.00 bits per heavy atom. The zero-order valence-electron chi connectivity index (χ0n) is 10.5. The summed E-state index contributed by atoms with van der Waals surface area (Å²) in [5.41, 5.74) is 0.921. The Balaban J connectivity index is 2.24. The molecule has 110 valence electrons. The molecule has 20 heavy (non-hydrogen) atoms. The van der Waals surface area contributed by atoms with Gasteiger partial charge in [-0.3, -0.25) is 4.79 Å². The maximum atomic E-state index is 12.3. The third-order valence-corrected chi connectivity index (χ3v) is 4.68. The van der Waals surface area contributed by atoms with Gasteiger partial charge in [-0.15, -0.1) is 0 Å². The average molecular weight is 383 g/mol. The second kappa shape index (κ2) is 6.43. The first-order valence-corrected chi connectivity index (χ1v) is 9.22. The molecule has 0 radical (unpaired) electrons. The third-order valence-electron chi connectivity index (χ3n) is 2.92. The van der Waals surface area contributed by atoms with E-state index in [1.807, 2.05) is 0 Å². The molecule has 1 heterocycles. The molecule has 1 aliphatic rings. The van der Waals surface area contributed by atoms with Crippen LogP contribution in [0.25, 0.3) is 0 Å². The summed E-state index contributed by atoms with van der Waals surface area (Å²) >= 11 is 3.26. The van der Waals surface area contributed by atoms with E-state index >= 15 is 0 Å². The highest BCUT2D eigenvalue weighted by molar-refractivity contribution is 9.10. The van der Waals surface area contributed by atoms with Crippen LogP contribution in [0.1, 0.15) is 15.9 Å². The van der Waals surface area contributed by atoms with Gasteiger partial charge in [0.1, 0.15) is 0 Å². The molecular formula is C12H13BrClNO4S. The predicted octanol–water partition coefficient (Wildman–Crippen LogP) is 1.99. The molecule has 0 aromatic heterocycles. The highest BCUT2D eigenvalue weighted by Crippen LogP contribution is 2.23. The van der Waals surface area contributed by atoms with Crippen molar-refractivity contribution >= 4 is 41.6 Å². The van der Waals surface area contributed by atoms with E-state index < -0.39 is 9.05 Å². The number of amides is 1. The fourth-order valence-electron chi connectivity index (χ4n) is 1.95. The minimum absolute atomic E-state index is 0.131. The van der Waals surface area contributed by atoms with E-state index in [4.69, 9.17) is 15.4 Å². The summed E-state index contributed by atoms with van der Waals surface area (Å²) in [6.45, 7) is 2.12. The standard InChI is InChI=1S/C12H13BrClNO4S/c13-11-2-1-9(7-10(11)8-20(14,17)18)12(16)15-3-5-19-6-4-15/h1-2,7H,3-6,8H2. The smallest absolute Gasteiger partial charge is 0.254 e. The van der Waals surface area contributed by atoms with Gasteiger partial charge in [0.15, 0.2) is 0 Å². The second-order valence-corrected chi connectivity index (χ2v) is 8.03. The van der Waals surface area contributed by atoms with Crippen LogP contribution in [0, 0.1) is 0 Å². The van der Waals surface area contributed by atoms with E-state index in [1.165, 1.54) is 0 Å². The van der Waals surface area contributed by atoms with E-state index in [0.29, 0.717) is 41.9 Å². The number of halogens is 2. The molecule has 1 aromatic carbocycles. The maximum Gasteiger partial charge on any atom is 0.254 e. The van der Waals surface area contributed by atoms with E-state index in [-0.39, 0.29) is 11.7 Å². The predicted molar refractivity (Wildman–Crippen MR) is 79.3 cm³/mol. The molecule has 0 atom stereocenters. The Labute approximate surface area is 130 Å². The number of benzene rings is 1. The Bertz CT molecular complexity index is 614. The monoisotopic (exact) mass is 381 g/mol. The van der Waals surface area contributed by atoms with Crippen LogP contribution >= 0.6 is 26.6 Å². The summed E-state index contributed by atoms with van der Waals surface area (Å²) in [6, 6.07) is 4.87. The Kier molecular flexibility index (Phi) is 5.06. The molecule has 8 heteroatoms. The number of carbonyl (C=O) groups is 1. The van der Waals surface area contributed by atoms with Crippen LogP contribution in [0.3, 0.4) is 0 Å². The van der Waals surface area contributed by atoms with Gasteiger partial charge in [-0.1, -0.05) is 15.9 Å². The summed E-state index contributed by atoms with van der Waals surface area (Å²) in [4.78, 5) is 14.0. The quantitative estimate of drug-likeness (QED) is 0.750. The molecule has 0 N–H and O–H groups in total. The molecule has 0 aliphatic carbocycles. The summed E-state index contributed by atoms with van der Waals surface area (Å²) < 4.78 is 28.1. The first-order valence-electron chi connectivity index (χ1n) is 5.94. The first-order chi connectivity index (χ1) is 9.37. The lowest BCUT2D eigenvalue weighted by Crippen LogP contribution is -2.40. The molecule has 1 aromatic rings. The van der Waals surface area contributed by atoms with E-state index in [2.05, 4.69) is 15.9 Å². The van der Waals surface area contributed by atoms with Crippen molar-refractivity contribution in [1.29, 1.82) is 0 Å². The fraction of sp³-hybridized carbons (Fsp3) is 0.417. The molecular weight excluding hydrogens is 370 g/mol. The molecule has 1 amide bonds. The van der Waals surface area contributed by atoms with Crippen LogP contribution in [0.15, 0.2) is 22.7 Å². The molecule has 0 spiro atoms. The summed E-state index contributed by atoms with van der Waals surface area (Å²) in [7, 11) is 1.59.